The van der Waals surface area contributed by atoms with Crippen LogP contribution in [-0.4, -0.2) is 27.4 Å². The van der Waals surface area contributed by atoms with Gasteiger partial charge < -0.3 is 5.32 Å². The van der Waals surface area contributed by atoms with Crippen molar-refractivity contribution in [3.8, 4) is 0 Å². The third kappa shape index (κ3) is 5.45. The van der Waals surface area contributed by atoms with Crippen molar-refractivity contribution in [2.75, 3.05) is 17.4 Å². The van der Waals surface area contributed by atoms with E-state index in [4.69, 9.17) is 0 Å². The highest BCUT2D eigenvalue weighted by atomic mass is 32.2. The maximum absolute atomic E-state index is 13.3. The molecule has 3 aromatic carbocycles. The van der Waals surface area contributed by atoms with Crippen LogP contribution < -0.4 is 9.62 Å². The van der Waals surface area contributed by atoms with E-state index in [1.807, 2.05) is 37.3 Å². The lowest BCUT2D eigenvalue weighted by molar-refractivity contribution is -0.119. The first kappa shape index (κ1) is 21.5. The summed E-state index contributed by atoms with van der Waals surface area (Å²) in [6, 6.07) is 21.1. The minimum atomic E-state index is -4.05. The van der Waals surface area contributed by atoms with Crippen molar-refractivity contribution in [3.63, 3.8) is 0 Å². The van der Waals surface area contributed by atoms with E-state index in [0.29, 0.717) is 18.7 Å². The molecule has 0 aliphatic heterocycles. The number of nitrogens with one attached hydrogen (secondary N) is 1. The first-order valence-electron chi connectivity index (χ1n) is 9.52. The zero-order chi connectivity index (χ0) is 21.6. The van der Waals surface area contributed by atoms with Crippen LogP contribution in [0.2, 0.25) is 0 Å². The van der Waals surface area contributed by atoms with Gasteiger partial charge in [-0.3, -0.25) is 9.10 Å². The number of benzene rings is 3. The van der Waals surface area contributed by atoms with Crippen molar-refractivity contribution in [2.24, 2.45) is 0 Å². The maximum Gasteiger partial charge on any atom is 0.264 e. The van der Waals surface area contributed by atoms with E-state index in [9.17, 15) is 17.6 Å². The van der Waals surface area contributed by atoms with Crippen molar-refractivity contribution in [2.45, 2.75) is 18.2 Å². The quantitative estimate of drug-likeness (QED) is 0.597. The predicted octanol–water partition coefficient (Wildman–Crippen LogP) is 3.69. The Hall–Kier alpha value is -3.19. The van der Waals surface area contributed by atoms with E-state index < -0.39 is 21.7 Å². The molecule has 0 radical (unpaired) electrons. The number of carbonyl (C=O) groups excluding carboxylic acids is 1. The fourth-order valence-electron chi connectivity index (χ4n) is 2.94. The summed E-state index contributed by atoms with van der Waals surface area (Å²) in [6.45, 7) is 1.90. The Morgan fingerprint density at radius 2 is 1.57 bits per heavy atom. The summed E-state index contributed by atoms with van der Waals surface area (Å²) in [6.07, 6.45) is 0.641. The summed E-state index contributed by atoms with van der Waals surface area (Å²) in [7, 11) is -4.05. The lowest BCUT2D eigenvalue weighted by atomic mass is 10.1. The molecule has 1 N–H and O–H groups in total. The molecule has 0 aromatic heterocycles. The largest absolute Gasteiger partial charge is 0.354 e. The minimum Gasteiger partial charge on any atom is -0.354 e. The van der Waals surface area contributed by atoms with Crippen LogP contribution in [0.1, 0.15) is 11.1 Å². The number of halogens is 1. The Balaban J connectivity index is 1.78. The monoisotopic (exact) mass is 426 g/mol. The van der Waals surface area contributed by atoms with Gasteiger partial charge in [-0.25, -0.2) is 12.8 Å². The maximum atomic E-state index is 13.3. The van der Waals surface area contributed by atoms with Crippen LogP contribution in [0, 0.1) is 12.7 Å². The summed E-state index contributed by atoms with van der Waals surface area (Å²) < 4.78 is 40.7. The number of anilines is 1. The molecular weight excluding hydrogens is 403 g/mol. The van der Waals surface area contributed by atoms with E-state index in [0.717, 1.165) is 27.6 Å². The number of rotatable bonds is 8. The Morgan fingerprint density at radius 3 is 2.20 bits per heavy atom. The van der Waals surface area contributed by atoms with E-state index in [-0.39, 0.29) is 11.4 Å². The van der Waals surface area contributed by atoms with Gasteiger partial charge in [0.05, 0.1) is 10.6 Å². The van der Waals surface area contributed by atoms with Crippen molar-refractivity contribution in [1.82, 2.24) is 5.32 Å². The molecule has 0 fully saturated rings. The van der Waals surface area contributed by atoms with Crippen LogP contribution in [0.5, 0.6) is 0 Å². The second-order valence-corrected chi connectivity index (χ2v) is 8.75. The fourth-order valence-corrected chi connectivity index (χ4v) is 4.36. The Labute approximate surface area is 176 Å². The van der Waals surface area contributed by atoms with Gasteiger partial charge in [0, 0.05) is 6.54 Å². The topological polar surface area (TPSA) is 66.5 Å². The summed E-state index contributed by atoms with van der Waals surface area (Å²) >= 11 is 0. The molecule has 7 heteroatoms. The lowest BCUT2D eigenvalue weighted by Gasteiger charge is -2.24. The van der Waals surface area contributed by atoms with Gasteiger partial charge in [0.2, 0.25) is 5.91 Å². The molecule has 3 aromatic rings. The normalized spacial score (nSPS) is 11.1. The third-order valence-corrected chi connectivity index (χ3v) is 6.38. The third-order valence-electron chi connectivity index (χ3n) is 4.59. The Morgan fingerprint density at radius 1 is 0.933 bits per heavy atom. The van der Waals surface area contributed by atoms with E-state index in [1.165, 1.54) is 12.1 Å². The first-order valence-corrected chi connectivity index (χ1v) is 11.0. The Kier molecular flexibility index (Phi) is 6.84. The molecule has 0 heterocycles. The standard InChI is InChI=1S/C23H23FN2O3S/c1-18-7-11-21(12-8-18)26(30(28,29)22-13-9-20(24)10-14-22)17-23(27)25-16-15-19-5-3-2-4-6-19/h2-14H,15-17H2,1H3,(H,25,27). The number of sulfonamides is 1. The van der Waals surface area contributed by atoms with Gasteiger partial charge in [-0.15, -0.1) is 0 Å². The number of carbonyl (C=O) groups is 1. The van der Waals surface area contributed by atoms with Crippen LogP contribution in [0.15, 0.2) is 83.8 Å². The van der Waals surface area contributed by atoms with Gasteiger partial charge in [-0.05, 0) is 55.3 Å². The molecule has 3 rings (SSSR count). The van der Waals surface area contributed by atoms with Gasteiger partial charge in [-0.2, -0.15) is 0 Å². The molecular formula is C23H23FN2O3S. The molecule has 156 valence electrons. The second-order valence-electron chi connectivity index (χ2n) is 6.89. The zero-order valence-corrected chi connectivity index (χ0v) is 17.4. The SMILES string of the molecule is Cc1ccc(N(CC(=O)NCCc2ccccc2)S(=O)(=O)c2ccc(F)cc2)cc1. The first-order chi connectivity index (χ1) is 14.4. The smallest absolute Gasteiger partial charge is 0.264 e. The molecule has 30 heavy (non-hydrogen) atoms. The fraction of sp³-hybridized carbons (Fsp3) is 0.174. The zero-order valence-electron chi connectivity index (χ0n) is 16.6. The molecule has 0 bridgehead atoms. The molecule has 0 saturated heterocycles. The van der Waals surface area contributed by atoms with Gasteiger partial charge in [-0.1, -0.05) is 48.0 Å². The number of hydrogen-bond acceptors (Lipinski definition) is 3. The number of amides is 1. The van der Waals surface area contributed by atoms with Crippen LogP contribution >= 0.6 is 0 Å². The molecule has 0 aliphatic rings. The van der Waals surface area contributed by atoms with Crippen molar-refractivity contribution in [1.29, 1.82) is 0 Å². The highest BCUT2D eigenvalue weighted by Gasteiger charge is 2.27. The molecule has 0 unspecified atom stereocenters. The molecule has 0 spiro atoms. The predicted molar refractivity (Wildman–Crippen MR) is 115 cm³/mol. The minimum absolute atomic E-state index is 0.0819. The summed E-state index contributed by atoms with van der Waals surface area (Å²) in [5.41, 5.74) is 2.40. The summed E-state index contributed by atoms with van der Waals surface area (Å²) in [4.78, 5) is 12.5. The van der Waals surface area contributed by atoms with Gasteiger partial charge >= 0.3 is 0 Å². The van der Waals surface area contributed by atoms with Crippen LogP contribution in [0.25, 0.3) is 0 Å². The lowest BCUT2D eigenvalue weighted by Crippen LogP contribution is -2.41. The number of hydrogen-bond donors (Lipinski definition) is 1. The van der Waals surface area contributed by atoms with Gasteiger partial charge in [0.25, 0.3) is 10.0 Å². The van der Waals surface area contributed by atoms with E-state index >= 15 is 0 Å². The number of aryl methyl sites for hydroxylation is 1. The highest BCUT2D eigenvalue weighted by molar-refractivity contribution is 7.92. The van der Waals surface area contributed by atoms with Crippen LogP contribution in [0.4, 0.5) is 10.1 Å². The average Bonchev–Trinajstić information content (AvgIpc) is 2.74. The molecule has 0 aliphatic carbocycles. The summed E-state index contributed by atoms with van der Waals surface area (Å²) in [5.74, 6) is -0.952. The van der Waals surface area contributed by atoms with Crippen molar-refractivity contribution >= 4 is 21.6 Å². The summed E-state index contributed by atoms with van der Waals surface area (Å²) in [5, 5.41) is 2.77. The molecule has 5 nitrogen and oxygen atoms in total. The molecule has 1 amide bonds. The highest BCUT2D eigenvalue weighted by Crippen LogP contribution is 2.24. The average molecular weight is 427 g/mol. The molecule has 0 atom stereocenters. The van der Waals surface area contributed by atoms with Gasteiger partial charge in [0.15, 0.2) is 0 Å². The molecule has 0 saturated carbocycles. The van der Waals surface area contributed by atoms with Crippen LogP contribution in [0.3, 0.4) is 0 Å². The van der Waals surface area contributed by atoms with Crippen molar-refractivity contribution in [3.05, 3.63) is 95.8 Å². The van der Waals surface area contributed by atoms with Crippen molar-refractivity contribution < 1.29 is 17.6 Å². The van der Waals surface area contributed by atoms with E-state index in [1.54, 1.807) is 24.3 Å². The number of nitrogens with zero attached hydrogens (tertiary/aromatic N) is 1. The van der Waals surface area contributed by atoms with Gasteiger partial charge in [0.1, 0.15) is 12.4 Å². The Bertz CT molecular complexity index is 1080. The van der Waals surface area contributed by atoms with E-state index in [2.05, 4.69) is 5.32 Å². The second kappa shape index (κ2) is 9.54. The van der Waals surface area contributed by atoms with Crippen LogP contribution in [-0.2, 0) is 21.2 Å².